The van der Waals surface area contributed by atoms with Gasteiger partial charge in [0.1, 0.15) is 6.61 Å². The summed E-state index contributed by atoms with van der Waals surface area (Å²) in [5.41, 5.74) is 7.52. The van der Waals surface area contributed by atoms with Crippen LogP contribution in [0.15, 0.2) is 45.3 Å². The maximum Gasteiger partial charge on any atom is 0.175 e. The lowest BCUT2D eigenvalue weighted by atomic mass is 10.2. The van der Waals surface area contributed by atoms with Gasteiger partial charge in [0.25, 0.3) is 0 Å². The molecule has 2 aromatic carbocycles. The van der Waals surface area contributed by atoms with E-state index in [0.29, 0.717) is 23.8 Å². The summed E-state index contributed by atoms with van der Waals surface area (Å²) in [4.78, 5) is 0. The molecular formula is C14H13Br2NO2. The molecule has 19 heavy (non-hydrogen) atoms. The van der Waals surface area contributed by atoms with Crippen molar-refractivity contribution in [3.8, 4) is 11.5 Å². The largest absolute Gasteiger partial charge is 0.493 e. The molecule has 2 rings (SSSR count). The van der Waals surface area contributed by atoms with Gasteiger partial charge >= 0.3 is 0 Å². The Kier molecular flexibility index (Phi) is 4.71. The first-order valence-corrected chi connectivity index (χ1v) is 7.20. The molecule has 2 N–H and O–H groups in total. The van der Waals surface area contributed by atoms with Crippen molar-refractivity contribution in [1.82, 2.24) is 0 Å². The van der Waals surface area contributed by atoms with Gasteiger partial charge in [-0.1, -0.05) is 18.2 Å². The summed E-state index contributed by atoms with van der Waals surface area (Å²) in [5, 5.41) is 0. The van der Waals surface area contributed by atoms with Crippen LogP contribution in [0.5, 0.6) is 11.5 Å². The van der Waals surface area contributed by atoms with Crippen molar-refractivity contribution in [1.29, 1.82) is 0 Å². The predicted molar refractivity (Wildman–Crippen MR) is 83.6 cm³/mol. The first-order chi connectivity index (χ1) is 9.13. The number of benzene rings is 2. The number of hydrogen-bond donors (Lipinski definition) is 1. The molecule has 0 aliphatic carbocycles. The quantitative estimate of drug-likeness (QED) is 0.793. The summed E-state index contributed by atoms with van der Waals surface area (Å²) in [6.45, 7) is 0.407. The molecule has 0 radical (unpaired) electrons. The number of anilines is 1. The van der Waals surface area contributed by atoms with Crippen LogP contribution in [-0.4, -0.2) is 7.11 Å². The van der Waals surface area contributed by atoms with Crippen molar-refractivity contribution in [3.63, 3.8) is 0 Å². The molecular weight excluding hydrogens is 374 g/mol. The Labute approximate surface area is 129 Å². The van der Waals surface area contributed by atoms with Gasteiger partial charge < -0.3 is 15.2 Å². The van der Waals surface area contributed by atoms with E-state index in [1.165, 1.54) is 0 Å². The smallest absolute Gasteiger partial charge is 0.175 e. The monoisotopic (exact) mass is 385 g/mol. The Morgan fingerprint density at radius 3 is 2.58 bits per heavy atom. The van der Waals surface area contributed by atoms with Crippen molar-refractivity contribution >= 4 is 37.5 Å². The minimum atomic E-state index is 0.407. The van der Waals surface area contributed by atoms with Crippen LogP contribution in [0.25, 0.3) is 0 Å². The fourth-order valence-corrected chi connectivity index (χ4v) is 2.49. The van der Waals surface area contributed by atoms with Gasteiger partial charge in [0.2, 0.25) is 0 Å². The fourth-order valence-electron chi connectivity index (χ4n) is 1.65. The molecule has 0 bridgehead atoms. The number of hydrogen-bond acceptors (Lipinski definition) is 3. The lowest BCUT2D eigenvalue weighted by Crippen LogP contribution is -2.00. The topological polar surface area (TPSA) is 44.5 Å². The highest BCUT2D eigenvalue weighted by Crippen LogP contribution is 2.36. The molecule has 0 saturated carbocycles. The molecule has 0 saturated heterocycles. The zero-order valence-corrected chi connectivity index (χ0v) is 13.5. The van der Waals surface area contributed by atoms with Crippen molar-refractivity contribution in [3.05, 3.63) is 50.9 Å². The van der Waals surface area contributed by atoms with E-state index in [1.807, 2.05) is 36.4 Å². The van der Waals surface area contributed by atoms with E-state index in [4.69, 9.17) is 15.2 Å². The molecule has 5 heteroatoms. The summed E-state index contributed by atoms with van der Waals surface area (Å²) < 4.78 is 12.8. The maximum atomic E-state index is 5.84. The van der Waals surface area contributed by atoms with Crippen molar-refractivity contribution in [2.45, 2.75) is 6.61 Å². The van der Waals surface area contributed by atoms with Crippen LogP contribution in [0.4, 0.5) is 5.69 Å². The summed E-state index contributed by atoms with van der Waals surface area (Å²) >= 11 is 6.91. The van der Waals surface area contributed by atoms with Gasteiger partial charge in [-0.05, 0) is 50.1 Å². The second-order valence-electron chi connectivity index (χ2n) is 3.88. The minimum Gasteiger partial charge on any atom is -0.493 e. The number of halogens is 2. The highest BCUT2D eigenvalue weighted by Gasteiger charge is 2.10. The molecule has 3 nitrogen and oxygen atoms in total. The summed E-state index contributed by atoms with van der Waals surface area (Å²) in [6, 6.07) is 11.4. The summed E-state index contributed by atoms with van der Waals surface area (Å²) in [5.74, 6) is 1.37. The van der Waals surface area contributed by atoms with Crippen LogP contribution >= 0.6 is 31.9 Å². The molecule has 0 unspecified atom stereocenters. The third kappa shape index (κ3) is 3.22. The summed E-state index contributed by atoms with van der Waals surface area (Å²) in [6.07, 6.45) is 0. The first kappa shape index (κ1) is 14.2. The van der Waals surface area contributed by atoms with E-state index in [-0.39, 0.29) is 0 Å². The molecule has 0 spiro atoms. The molecule has 2 aromatic rings. The molecule has 0 atom stereocenters. The van der Waals surface area contributed by atoms with E-state index in [1.54, 1.807) is 7.11 Å². The third-order valence-corrected chi connectivity index (χ3v) is 4.22. The lowest BCUT2D eigenvalue weighted by molar-refractivity contribution is 0.282. The van der Waals surface area contributed by atoms with Gasteiger partial charge in [-0.2, -0.15) is 0 Å². The van der Waals surface area contributed by atoms with Gasteiger partial charge in [0.05, 0.1) is 11.6 Å². The average molecular weight is 387 g/mol. The highest BCUT2D eigenvalue weighted by atomic mass is 79.9. The fraction of sp³-hybridized carbons (Fsp3) is 0.143. The minimum absolute atomic E-state index is 0.407. The number of methoxy groups -OCH3 is 1. The Bertz CT molecular complexity index is 588. The molecule has 100 valence electrons. The molecule has 0 aliphatic heterocycles. The number of nitrogen functional groups attached to an aromatic ring is 1. The van der Waals surface area contributed by atoms with E-state index in [0.717, 1.165) is 14.5 Å². The van der Waals surface area contributed by atoms with E-state index >= 15 is 0 Å². The van der Waals surface area contributed by atoms with Gasteiger partial charge in [-0.15, -0.1) is 0 Å². The van der Waals surface area contributed by atoms with E-state index in [9.17, 15) is 0 Å². The Morgan fingerprint density at radius 2 is 1.84 bits per heavy atom. The second-order valence-corrected chi connectivity index (χ2v) is 5.53. The van der Waals surface area contributed by atoms with E-state index in [2.05, 4.69) is 31.9 Å². The number of rotatable bonds is 4. The van der Waals surface area contributed by atoms with Crippen molar-refractivity contribution < 1.29 is 9.47 Å². The third-order valence-electron chi connectivity index (χ3n) is 2.63. The van der Waals surface area contributed by atoms with Crippen molar-refractivity contribution in [2.75, 3.05) is 12.8 Å². The molecule has 0 fully saturated rings. The summed E-state index contributed by atoms with van der Waals surface area (Å²) in [7, 11) is 1.62. The van der Waals surface area contributed by atoms with Crippen LogP contribution in [0, 0.1) is 0 Å². The Morgan fingerprint density at radius 1 is 1.11 bits per heavy atom. The Hall–Kier alpha value is -1.20. The number of nitrogens with two attached hydrogens (primary N) is 1. The van der Waals surface area contributed by atoms with Crippen LogP contribution in [0.2, 0.25) is 0 Å². The van der Waals surface area contributed by atoms with Gasteiger partial charge in [-0.25, -0.2) is 0 Å². The molecule has 0 aliphatic rings. The molecule has 0 amide bonds. The standard InChI is InChI=1S/C14H13Br2NO2/c1-18-12-7-3-5-10(15)14(12)19-8-9-4-2-6-11(17)13(9)16/h2-7H,8,17H2,1H3. The normalized spacial score (nSPS) is 10.3. The molecule has 0 aromatic heterocycles. The van der Waals surface area contributed by atoms with Crippen molar-refractivity contribution in [2.24, 2.45) is 0 Å². The first-order valence-electron chi connectivity index (χ1n) is 5.61. The van der Waals surface area contributed by atoms with Gasteiger partial charge in [0, 0.05) is 15.7 Å². The number of para-hydroxylation sites is 1. The molecule has 0 heterocycles. The second kappa shape index (κ2) is 6.30. The van der Waals surface area contributed by atoms with Gasteiger partial charge in [-0.3, -0.25) is 0 Å². The zero-order chi connectivity index (χ0) is 13.8. The van der Waals surface area contributed by atoms with Crippen LogP contribution < -0.4 is 15.2 Å². The number of ether oxygens (including phenoxy) is 2. The van der Waals surface area contributed by atoms with Gasteiger partial charge in [0.15, 0.2) is 11.5 Å². The van der Waals surface area contributed by atoms with Crippen LogP contribution in [-0.2, 0) is 6.61 Å². The highest BCUT2D eigenvalue weighted by molar-refractivity contribution is 9.11. The predicted octanol–water partition coefficient (Wildman–Crippen LogP) is 4.38. The van der Waals surface area contributed by atoms with Crippen LogP contribution in [0.3, 0.4) is 0 Å². The van der Waals surface area contributed by atoms with E-state index < -0.39 is 0 Å². The maximum absolute atomic E-state index is 5.84. The SMILES string of the molecule is COc1cccc(Br)c1OCc1cccc(N)c1Br. The Balaban J connectivity index is 2.21. The average Bonchev–Trinajstić information content (AvgIpc) is 2.41. The zero-order valence-electron chi connectivity index (χ0n) is 10.3. The lowest BCUT2D eigenvalue weighted by Gasteiger charge is -2.13. The van der Waals surface area contributed by atoms with Crippen LogP contribution in [0.1, 0.15) is 5.56 Å².